The molecule has 6 nitrogen and oxygen atoms in total. The number of ether oxygens (including phenoxy) is 2. The van der Waals surface area contributed by atoms with E-state index >= 15 is 0 Å². The minimum atomic E-state index is -0.0565. The number of benzene rings is 2. The van der Waals surface area contributed by atoms with E-state index in [0.29, 0.717) is 49.7 Å². The predicted molar refractivity (Wildman–Crippen MR) is 112 cm³/mol. The molecule has 1 aliphatic heterocycles. The van der Waals surface area contributed by atoms with Gasteiger partial charge in [-0.3, -0.25) is 9.59 Å². The van der Waals surface area contributed by atoms with Gasteiger partial charge in [-0.05, 0) is 37.1 Å². The maximum Gasteiger partial charge on any atom is 0.254 e. The molecule has 0 aromatic heterocycles. The second kappa shape index (κ2) is 9.45. The molecule has 2 aromatic carbocycles. The molecule has 0 bridgehead atoms. The SMILES string of the molecule is COc1ccc(C(=O)N2CCCN(C(=O)Cc3cccc(C)c3)CC2)cc1OC. The molecule has 29 heavy (non-hydrogen) atoms. The number of rotatable bonds is 5. The molecule has 3 rings (SSSR count). The third kappa shape index (κ3) is 5.08. The molecule has 1 fully saturated rings. The van der Waals surface area contributed by atoms with Crippen LogP contribution in [0, 0.1) is 6.92 Å². The van der Waals surface area contributed by atoms with Crippen LogP contribution in [-0.2, 0) is 11.2 Å². The van der Waals surface area contributed by atoms with Crippen molar-refractivity contribution in [2.45, 2.75) is 19.8 Å². The van der Waals surface area contributed by atoms with Crippen molar-refractivity contribution >= 4 is 11.8 Å². The van der Waals surface area contributed by atoms with Gasteiger partial charge in [-0.25, -0.2) is 0 Å². The van der Waals surface area contributed by atoms with E-state index in [1.165, 1.54) is 0 Å². The fourth-order valence-electron chi connectivity index (χ4n) is 3.63. The standard InChI is InChI=1S/C23H28N2O4/c1-17-6-4-7-18(14-17)15-22(26)24-10-5-11-25(13-12-24)23(27)19-8-9-20(28-2)21(16-19)29-3/h4,6-9,14,16H,5,10-13,15H2,1-3H3. The molecule has 0 saturated carbocycles. The van der Waals surface area contributed by atoms with Crippen LogP contribution in [0.4, 0.5) is 0 Å². The average molecular weight is 396 g/mol. The zero-order valence-corrected chi connectivity index (χ0v) is 17.3. The smallest absolute Gasteiger partial charge is 0.254 e. The van der Waals surface area contributed by atoms with Crippen molar-refractivity contribution < 1.29 is 19.1 Å². The molecule has 0 N–H and O–H groups in total. The molecule has 154 valence electrons. The van der Waals surface area contributed by atoms with Gasteiger partial charge in [-0.2, -0.15) is 0 Å². The Morgan fingerprint density at radius 2 is 1.62 bits per heavy atom. The van der Waals surface area contributed by atoms with E-state index in [1.807, 2.05) is 36.1 Å². The summed E-state index contributed by atoms with van der Waals surface area (Å²) in [6, 6.07) is 13.2. The van der Waals surface area contributed by atoms with Gasteiger partial charge in [0, 0.05) is 31.7 Å². The number of hydrogen-bond acceptors (Lipinski definition) is 4. The van der Waals surface area contributed by atoms with Crippen LogP contribution in [0.15, 0.2) is 42.5 Å². The summed E-state index contributed by atoms with van der Waals surface area (Å²) >= 11 is 0. The molecule has 1 saturated heterocycles. The highest BCUT2D eigenvalue weighted by molar-refractivity contribution is 5.95. The number of methoxy groups -OCH3 is 2. The van der Waals surface area contributed by atoms with Crippen LogP contribution in [0.25, 0.3) is 0 Å². The van der Waals surface area contributed by atoms with Crippen molar-refractivity contribution in [3.8, 4) is 11.5 Å². The lowest BCUT2D eigenvalue weighted by Crippen LogP contribution is -2.38. The number of aryl methyl sites for hydroxylation is 1. The molecule has 6 heteroatoms. The van der Waals surface area contributed by atoms with Crippen LogP contribution in [0.3, 0.4) is 0 Å². The van der Waals surface area contributed by atoms with E-state index in [4.69, 9.17) is 9.47 Å². The van der Waals surface area contributed by atoms with Crippen molar-refractivity contribution in [1.29, 1.82) is 0 Å². The Hall–Kier alpha value is -3.02. The van der Waals surface area contributed by atoms with Crippen molar-refractivity contribution in [2.75, 3.05) is 40.4 Å². The Bertz CT molecular complexity index is 881. The van der Waals surface area contributed by atoms with E-state index in [2.05, 4.69) is 0 Å². The number of carbonyl (C=O) groups is 2. The lowest BCUT2D eigenvalue weighted by Gasteiger charge is -2.22. The molecule has 0 unspecified atom stereocenters. The number of amides is 2. The van der Waals surface area contributed by atoms with Gasteiger partial charge < -0.3 is 19.3 Å². The molecule has 1 heterocycles. The zero-order valence-electron chi connectivity index (χ0n) is 17.3. The van der Waals surface area contributed by atoms with Crippen molar-refractivity contribution in [2.24, 2.45) is 0 Å². The Morgan fingerprint density at radius 1 is 0.897 bits per heavy atom. The third-order valence-corrected chi connectivity index (χ3v) is 5.20. The molecule has 0 aliphatic carbocycles. The van der Waals surface area contributed by atoms with Gasteiger partial charge in [0.15, 0.2) is 11.5 Å². The minimum Gasteiger partial charge on any atom is -0.493 e. The number of carbonyl (C=O) groups excluding carboxylic acids is 2. The van der Waals surface area contributed by atoms with Gasteiger partial charge in [-0.15, -0.1) is 0 Å². The Labute approximate surface area is 172 Å². The Kier molecular flexibility index (Phi) is 6.75. The van der Waals surface area contributed by atoms with Crippen LogP contribution in [0.1, 0.15) is 27.9 Å². The zero-order chi connectivity index (χ0) is 20.8. The fraction of sp³-hybridized carbons (Fsp3) is 0.391. The lowest BCUT2D eigenvalue weighted by atomic mass is 10.1. The lowest BCUT2D eigenvalue weighted by molar-refractivity contribution is -0.130. The van der Waals surface area contributed by atoms with Gasteiger partial charge in [0.05, 0.1) is 20.6 Å². The van der Waals surface area contributed by atoms with Gasteiger partial charge in [0.25, 0.3) is 5.91 Å². The van der Waals surface area contributed by atoms with Crippen LogP contribution < -0.4 is 9.47 Å². The van der Waals surface area contributed by atoms with Crippen LogP contribution in [0.2, 0.25) is 0 Å². The van der Waals surface area contributed by atoms with Crippen molar-refractivity contribution in [3.63, 3.8) is 0 Å². The first kappa shape index (κ1) is 20.7. The van der Waals surface area contributed by atoms with E-state index in [1.54, 1.807) is 37.3 Å². The van der Waals surface area contributed by atoms with E-state index < -0.39 is 0 Å². The van der Waals surface area contributed by atoms with E-state index in [9.17, 15) is 9.59 Å². The van der Waals surface area contributed by atoms with Crippen molar-refractivity contribution in [3.05, 3.63) is 59.2 Å². The highest BCUT2D eigenvalue weighted by Crippen LogP contribution is 2.28. The predicted octanol–water partition coefficient (Wildman–Crippen LogP) is 2.93. The van der Waals surface area contributed by atoms with Gasteiger partial charge in [0.1, 0.15) is 0 Å². The second-order valence-corrected chi connectivity index (χ2v) is 7.26. The van der Waals surface area contributed by atoms with Crippen LogP contribution in [-0.4, -0.2) is 62.0 Å². The van der Waals surface area contributed by atoms with Crippen LogP contribution in [0.5, 0.6) is 11.5 Å². The first-order chi connectivity index (χ1) is 14.0. The molecule has 0 spiro atoms. The molecule has 2 aromatic rings. The normalized spacial score (nSPS) is 14.3. The highest BCUT2D eigenvalue weighted by atomic mass is 16.5. The van der Waals surface area contributed by atoms with Crippen LogP contribution >= 0.6 is 0 Å². The second-order valence-electron chi connectivity index (χ2n) is 7.26. The van der Waals surface area contributed by atoms with E-state index in [-0.39, 0.29) is 11.8 Å². The molecule has 0 radical (unpaired) electrons. The first-order valence-corrected chi connectivity index (χ1v) is 9.86. The monoisotopic (exact) mass is 396 g/mol. The Balaban J connectivity index is 1.63. The maximum atomic E-state index is 13.0. The van der Waals surface area contributed by atoms with Crippen molar-refractivity contribution in [1.82, 2.24) is 9.80 Å². The van der Waals surface area contributed by atoms with Gasteiger partial charge in [-0.1, -0.05) is 29.8 Å². The molecular formula is C23H28N2O4. The molecular weight excluding hydrogens is 368 g/mol. The number of nitrogens with zero attached hydrogens (tertiary/aromatic N) is 2. The highest BCUT2D eigenvalue weighted by Gasteiger charge is 2.23. The summed E-state index contributed by atoms with van der Waals surface area (Å²) in [5, 5.41) is 0. The van der Waals surface area contributed by atoms with Gasteiger partial charge in [0.2, 0.25) is 5.91 Å². The summed E-state index contributed by atoms with van der Waals surface area (Å²) in [5.41, 5.74) is 2.73. The summed E-state index contributed by atoms with van der Waals surface area (Å²) in [6.07, 6.45) is 1.16. The summed E-state index contributed by atoms with van der Waals surface area (Å²) in [5.74, 6) is 1.17. The summed E-state index contributed by atoms with van der Waals surface area (Å²) in [4.78, 5) is 29.3. The maximum absolute atomic E-state index is 13.0. The fourth-order valence-corrected chi connectivity index (χ4v) is 3.63. The van der Waals surface area contributed by atoms with E-state index in [0.717, 1.165) is 17.5 Å². The summed E-state index contributed by atoms with van der Waals surface area (Å²) in [7, 11) is 3.12. The quantitative estimate of drug-likeness (QED) is 0.780. The molecule has 0 atom stereocenters. The summed E-state index contributed by atoms with van der Waals surface area (Å²) < 4.78 is 10.5. The average Bonchev–Trinajstić information content (AvgIpc) is 2.99. The molecule has 1 aliphatic rings. The topological polar surface area (TPSA) is 59.1 Å². The number of hydrogen-bond donors (Lipinski definition) is 0. The minimum absolute atomic E-state index is 0.0565. The Morgan fingerprint density at radius 3 is 2.34 bits per heavy atom. The molecule has 2 amide bonds. The third-order valence-electron chi connectivity index (χ3n) is 5.20. The largest absolute Gasteiger partial charge is 0.493 e. The summed E-state index contributed by atoms with van der Waals surface area (Å²) in [6.45, 7) is 4.38. The van der Waals surface area contributed by atoms with Gasteiger partial charge >= 0.3 is 0 Å². The first-order valence-electron chi connectivity index (χ1n) is 9.86.